The minimum absolute atomic E-state index is 0.135. The first-order chi connectivity index (χ1) is 12.5. The number of carbonyl (C=O) groups excluding carboxylic acids is 2. The molecule has 0 bridgehead atoms. The number of carbonyl (C=O) groups is 2. The van der Waals surface area contributed by atoms with Crippen molar-refractivity contribution in [3.63, 3.8) is 0 Å². The molecule has 8 heteroatoms. The lowest BCUT2D eigenvalue weighted by Gasteiger charge is -2.05. The molecule has 2 rings (SSSR count). The van der Waals surface area contributed by atoms with E-state index in [2.05, 4.69) is 10.3 Å². The van der Waals surface area contributed by atoms with Crippen molar-refractivity contribution in [3.05, 3.63) is 27.1 Å². The lowest BCUT2D eigenvalue weighted by atomic mass is 10.1. The molecule has 0 aliphatic heterocycles. The number of aromatic nitrogens is 2. The van der Waals surface area contributed by atoms with Gasteiger partial charge in [0.25, 0.3) is 11.5 Å². The highest BCUT2D eigenvalue weighted by Gasteiger charge is 2.18. The van der Waals surface area contributed by atoms with Crippen molar-refractivity contribution >= 4 is 33.4 Å². The average Bonchev–Trinajstić information content (AvgIpc) is 2.95. The molecule has 142 valence electrons. The number of hydrogen-bond acceptors (Lipinski definition) is 6. The Kier molecular flexibility index (Phi) is 7.32. The number of fused-ring (bicyclic) bond motifs is 1. The van der Waals surface area contributed by atoms with Gasteiger partial charge in [-0.2, -0.15) is 0 Å². The van der Waals surface area contributed by atoms with Crippen molar-refractivity contribution in [2.24, 2.45) is 7.05 Å². The zero-order valence-electron chi connectivity index (χ0n) is 15.5. The van der Waals surface area contributed by atoms with E-state index in [9.17, 15) is 14.4 Å². The molecule has 26 heavy (non-hydrogen) atoms. The van der Waals surface area contributed by atoms with Crippen molar-refractivity contribution in [1.29, 1.82) is 0 Å². The molecule has 0 fully saturated rings. The van der Waals surface area contributed by atoms with Gasteiger partial charge in [0.15, 0.2) is 0 Å². The maximum atomic E-state index is 12.4. The summed E-state index contributed by atoms with van der Waals surface area (Å²) in [6, 6.07) is 0. The largest absolute Gasteiger partial charge is 0.466 e. The summed E-state index contributed by atoms with van der Waals surface area (Å²) >= 11 is 1.25. The number of nitrogens with one attached hydrogen (secondary N) is 1. The Hall–Kier alpha value is -2.22. The van der Waals surface area contributed by atoms with Crippen molar-refractivity contribution in [3.8, 4) is 0 Å². The van der Waals surface area contributed by atoms with Gasteiger partial charge in [0.05, 0.1) is 23.2 Å². The van der Waals surface area contributed by atoms with Crippen LogP contribution in [-0.2, 0) is 16.6 Å². The lowest BCUT2D eigenvalue weighted by Crippen LogP contribution is -2.24. The molecule has 2 heterocycles. The fraction of sp³-hybridized carbons (Fsp3) is 0.556. The summed E-state index contributed by atoms with van der Waals surface area (Å²) < 4.78 is 6.29. The minimum Gasteiger partial charge on any atom is -0.466 e. The lowest BCUT2D eigenvalue weighted by molar-refractivity contribution is -0.143. The van der Waals surface area contributed by atoms with E-state index >= 15 is 0 Å². The van der Waals surface area contributed by atoms with Crippen LogP contribution >= 0.6 is 11.3 Å². The van der Waals surface area contributed by atoms with E-state index in [0.29, 0.717) is 40.2 Å². The van der Waals surface area contributed by atoms with Crippen LogP contribution in [0.15, 0.2) is 11.1 Å². The molecule has 0 aliphatic rings. The Morgan fingerprint density at radius 2 is 2.00 bits per heavy atom. The SMILES string of the molecule is CCOC(=O)CCCCCCNC(=O)c1sc2ncn(C)c(=O)c2c1C. The Bertz CT molecular complexity index is 841. The average molecular weight is 379 g/mol. The van der Waals surface area contributed by atoms with Crippen LogP contribution in [0.25, 0.3) is 10.2 Å². The maximum absolute atomic E-state index is 12.4. The molecule has 0 saturated carbocycles. The zero-order valence-corrected chi connectivity index (χ0v) is 16.3. The Balaban J connectivity index is 1.79. The quantitative estimate of drug-likeness (QED) is 0.534. The van der Waals surface area contributed by atoms with E-state index < -0.39 is 0 Å². The van der Waals surface area contributed by atoms with Crippen LogP contribution in [0.3, 0.4) is 0 Å². The summed E-state index contributed by atoms with van der Waals surface area (Å²) in [5.74, 6) is -0.320. The number of aryl methyl sites for hydroxylation is 2. The van der Waals surface area contributed by atoms with Crippen LogP contribution in [-0.4, -0.2) is 34.6 Å². The van der Waals surface area contributed by atoms with Crippen LogP contribution in [0.4, 0.5) is 0 Å². The molecule has 1 amide bonds. The van der Waals surface area contributed by atoms with Gasteiger partial charge in [-0.1, -0.05) is 12.8 Å². The Morgan fingerprint density at radius 3 is 2.73 bits per heavy atom. The van der Waals surface area contributed by atoms with Crippen LogP contribution in [0.1, 0.15) is 54.3 Å². The molecule has 0 atom stereocenters. The van der Waals surface area contributed by atoms with Gasteiger partial charge < -0.3 is 14.6 Å². The van der Waals surface area contributed by atoms with Crippen molar-refractivity contribution in [2.75, 3.05) is 13.2 Å². The number of nitrogens with zero attached hydrogens (tertiary/aromatic N) is 2. The van der Waals surface area contributed by atoms with Gasteiger partial charge >= 0.3 is 5.97 Å². The highest BCUT2D eigenvalue weighted by molar-refractivity contribution is 7.20. The number of esters is 1. The first kappa shape index (κ1) is 20.1. The standard InChI is InChI=1S/C18H25N3O4S/c1-4-25-13(22)9-7-5-6-8-10-19-16(23)15-12(2)14-17(26-15)20-11-21(3)18(14)24/h11H,4-10H2,1-3H3,(H,19,23). The van der Waals surface area contributed by atoms with E-state index in [1.807, 2.05) is 0 Å². The number of ether oxygens (including phenoxy) is 1. The summed E-state index contributed by atoms with van der Waals surface area (Å²) in [5, 5.41) is 3.42. The molecule has 2 aromatic rings. The van der Waals surface area contributed by atoms with E-state index in [0.717, 1.165) is 25.7 Å². The summed E-state index contributed by atoms with van der Waals surface area (Å²) in [4.78, 5) is 41.2. The second kappa shape index (κ2) is 9.47. The predicted octanol–water partition coefficient (Wildman–Crippen LogP) is 2.55. The molecule has 0 radical (unpaired) electrons. The van der Waals surface area contributed by atoms with E-state index in [1.54, 1.807) is 20.9 Å². The molecule has 1 N–H and O–H groups in total. The third-order valence-electron chi connectivity index (χ3n) is 4.12. The molecule has 2 aromatic heterocycles. The van der Waals surface area contributed by atoms with Gasteiger partial charge in [-0.15, -0.1) is 11.3 Å². The first-order valence-corrected chi connectivity index (χ1v) is 9.65. The van der Waals surface area contributed by atoms with Gasteiger partial charge in [-0.25, -0.2) is 4.98 Å². The minimum atomic E-state index is -0.168. The molecular formula is C18H25N3O4S. The Labute approximate surface area is 156 Å². The molecule has 0 spiro atoms. The van der Waals surface area contributed by atoms with Crippen LogP contribution < -0.4 is 10.9 Å². The van der Waals surface area contributed by atoms with Gasteiger partial charge in [-0.3, -0.25) is 14.4 Å². The highest BCUT2D eigenvalue weighted by Crippen LogP contribution is 2.26. The predicted molar refractivity (Wildman–Crippen MR) is 102 cm³/mol. The third-order valence-corrected chi connectivity index (χ3v) is 5.31. The van der Waals surface area contributed by atoms with Crippen molar-refractivity contribution < 1.29 is 14.3 Å². The molecular weight excluding hydrogens is 354 g/mol. The van der Waals surface area contributed by atoms with Crippen LogP contribution in [0.5, 0.6) is 0 Å². The van der Waals surface area contributed by atoms with E-state index in [1.165, 1.54) is 22.2 Å². The van der Waals surface area contributed by atoms with Gasteiger partial charge in [0, 0.05) is 20.0 Å². The second-order valence-electron chi connectivity index (χ2n) is 6.12. The summed E-state index contributed by atoms with van der Waals surface area (Å²) in [6.45, 7) is 4.57. The normalized spacial score (nSPS) is 10.9. The number of thiophene rings is 1. The Morgan fingerprint density at radius 1 is 1.27 bits per heavy atom. The molecule has 7 nitrogen and oxygen atoms in total. The third kappa shape index (κ3) is 4.91. The second-order valence-corrected chi connectivity index (χ2v) is 7.12. The summed E-state index contributed by atoms with van der Waals surface area (Å²) in [5.41, 5.74) is 0.551. The highest BCUT2D eigenvalue weighted by atomic mass is 32.1. The summed E-state index contributed by atoms with van der Waals surface area (Å²) in [7, 11) is 1.65. The number of unbranched alkanes of at least 4 members (excludes halogenated alkanes) is 3. The number of rotatable bonds is 9. The number of hydrogen-bond donors (Lipinski definition) is 1. The maximum Gasteiger partial charge on any atom is 0.305 e. The van der Waals surface area contributed by atoms with Crippen molar-refractivity contribution in [1.82, 2.24) is 14.9 Å². The van der Waals surface area contributed by atoms with Gasteiger partial charge in [0.1, 0.15) is 4.83 Å². The van der Waals surface area contributed by atoms with Crippen molar-refractivity contribution in [2.45, 2.75) is 46.0 Å². The van der Waals surface area contributed by atoms with E-state index in [4.69, 9.17) is 4.74 Å². The fourth-order valence-electron chi connectivity index (χ4n) is 2.69. The molecule has 0 unspecified atom stereocenters. The number of amides is 1. The van der Waals surface area contributed by atoms with Crippen LogP contribution in [0.2, 0.25) is 0 Å². The van der Waals surface area contributed by atoms with E-state index in [-0.39, 0.29) is 17.4 Å². The van der Waals surface area contributed by atoms with Gasteiger partial charge in [-0.05, 0) is 32.3 Å². The topological polar surface area (TPSA) is 90.3 Å². The summed E-state index contributed by atoms with van der Waals surface area (Å²) in [6.07, 6.45) is 5.43. The smallest absolute Gasteiger partial charge is 0.305 e. The monoisotopic (exact) mass is 379 g/mol. The zero-order chi connectivity index (χ0) is 19.1. The molecule has 0 saturated heterocycles. The first-order valence-electron chi connectivity index (χ1n) is 8.84. The molecule has 0 aromatic carbocycles. The molecule has 0 aliphatic carbocycles. The fourth-order valence-corrected chi connectivity index (χ4v) is 3.74. The van der Waals surface area contributed by atoms with Crippen LogP contribution in [0, 0.1) is 6.92 Å². The van der Waals surface area contributed by atoms with Gasteiger partial charge in [0.2, 0.25) is 0 Å².